The van der Waals surface area contributed by atoms with Crippen LogP contribution in [0.25, 0.3) is 0 Å². The van der Waals surface area contributed by atoms with Gasteiger partial charge in [0.25, 0.3) is 0 Å². The van der Waals surface area contributed by atoms with Gasteiger partial charge in [-0.1, -0.05) is 57.2 Å². The number of nitrogens with one attached hydrogen (secondary N) is 2. The lowest BCUT2D eigenvalue weighted by Crippen LogP contribution is -2.27. The fraction of sp³-hybridized carbons (Fsp3) is 0.391. The standard InChI is InChI=1S/C23H28N2O2/c1-15-7-5-6-8-16(15)14-24-21(26)19-13-20(19)22(27)25-18-11-9-17(10-12-18)23(2,3)4/h5-12,19-20H,13-14H2,1-4H3,(H,24,26)(H,25,27). The van der Waals surface area contributed by atoms with Crippen LogP contribution in [0.5, 0.6) is 0 Å². The summed E-state index contributed by atoms with van der Waals surface area (Å²) in [6.07, 6.45) is 0.617. The lowest BCUT2D eigenvalue weighted by Gasteiger charge is -2.19. The second-order valence-corrected chi connectivity index (χ2v) is 8.41. The number of amides is 2. The Bertz CT molecular complexity index is 834. The lowest BCUT2D eigenvalue weighted by molar-refractivity contribution is -0.125. The van der Waals surface area contributed by atoms with Gasteiger partial charge in [-0.3, -0.25) is 9.59 Å². The third kappa shape index (κ3) is 4.76. The van der Waals surface area contributed by atoms with E-state index in [0.29, 0.717) is 13.0 Å². The lowest BCUT2D eigenvalue weighted by atomic mass is 9.87. The van der Waals surface area contributed by atoms with E-state index in [-0.39, 0.29) is 29.1 Å². The van der Waals surface area contributed by atoms with Gasteiger partial charge in [-0.15, -0.1) is 0 Å². The molecule has 0 aromatic heterocycles. The first kappa shape index (κ1) is 19.2. The third-order valence-electron chi connectivity index (χ3n) is 5.20. The van der Waals surface area contributed by atoms with Gasteiger partial charge in [0, 0.05) is 12.2 Å². The fourth-order valence-electron chi connectivity index (χ4n) is 3.18. The highest BCUT2D eigenvalue weighted by atomic mass is 16.2. The van der Waals surface area contributed by atoms with Crippen LogP contribution in [0.3, 0.4) is 0 Å². The first-order chi connectivity index (χ1) is 12.8. The molecule has 0 bridgehead atoms. The largest absolute Gasteiger partial charge is 0.352 e. The van der Waals surface area contributed by atoms with Gasteiger partial charge < -0.3 is 10.6 Å². The monoisotopic (exact) mass is 364 g/mol. The van der Waals surface area contributed by atoms with E-state index in [2.05, 4.69) is 31.4 Å². The Hall–Kier alpha value is -2.62. The molecule has 2 unspecified atom stereocenters. The molecule has 2 aromatic carbocycles. The average Bonchev–Trinajstić information content (AvgIpc) is 3.41. The number of anilines is 1. The molecule has 0 aliphatic heterocycles. The molecule has 1 aliphatic rings. The van der Waals surface area contributed by atoms with Crippen LogP contribution in [0.2, 0.25) is 0 Å². The van der Waals surface area contributed by atoms with Crippen LogP contribution in [0.1, 0.15) is 43.9 Å². The summed E-state index contributed by atoms with van der Waals surface area (Å²) in [6.45, 7) is 9.01. The van der Waals surface area contributed by atoms with Crippen molar-refractivity contribution in [1.29, 1.82) is 0 Å². The highest BCUT2D eigenvalue weighted by molar-refractivity contribution is 5.99. The molecule has 0 spiro atoms. The summed E-state index contributed by atoms with van der Waals surface area (Å²) in [7, 11) is 0. The molecule has 0 saturated heterocycles. The van der Waals surface area contributed by atoms with E-state index in [1.54, 1.807) is 0 Å². The van der Waals surface area contributed by atoms with Crippen LogP contribution in [0, 0.1) is 18.8 Å². The molecule has 1 fully saturated rings. The van der Waals surface area contributed by atoms with Crippen LogP contribution in [-0.2, 0) is 21.5 Å². The molecule has 4 heteroatoms. The number of hydrogen-bond donors (Lipinski definition) is 2. The van der Waals surface area contributed by atoms with E-state index in [1.165, 1.54) is 5.56 Å². The second-order valence-electron chi connectivity index (χ2n) is 8.41. The molecule has 0 radical (unpaired) electrons. The summed E-state index contributed by atoms with van der Waals surface area (Å²) in [4.78, 5) is 24.7. The molecule has 142 valence electrons. The highest BCUT2D eigenvalue weighted by Gasteiger charge is 2.47. The Morgan fingerprint density at radius 1 is 0.963 bits per heavy atom. The first-order valence-electron chi connectivity index (χ1n) is 9.49. The molecular weight excluding hydrogens is 336 g/mol. The van der Waals surface area contributed by atoms with Crippen molar-refractivity contribution >= 4 is 17.5 Å². The highest BCUT2D eigenvalue weighted by Crippen LogP contribution is 2.39. The quantitative estimate of drug-likeness (QED) is 0.836. The van der Waals surface area contributed by atoms with Crippen molar-refractivity contribution in [1.82, 2.24) is 5.32 Å². The van der Waals surface area contributed by atoms with Crippen molar-refractivity contribution in [3.63, 3.8) is 0 Å². The van der Waals surface area contributed by atoms with Gasteiger partial charge in [0.2, 0.25) is 11.8 Å². The van der Waals surface area contributed by atoms with Crippen molar-refractivity contribution in [2.45, 2.75) is 46.1 Å². The molecular formula is C23H28N2O2. The Labute approximate surface area is 161 Å². The van der Waals surface area contributed by atoms with Crippen molar-refractivity contribution in [2.24, 2.45) is 11.8 Å². The van der Waals surface area contributed by atoms with E-state index in [9.17, 15) is 9.59 Å². The summed E-state index contributed by atoms with van der Waals surface area (Å²) < 4.78 is 0. The van der Waals surface area contributed by atoms with Crippen LogP contribution >= 0.6 is 0 Å². The zero-order valence-electron chi connectivity index (χ0n) is 16.5. The molecule has 27 heavy (non-hydrogen) atoms. The minimum Gasteiger partial charge on any atom is -0.352 e. The van der Waals surface area contributed by atoms with Gasteiger partial charge in [0.15, 0.2) is 0 Å². The SMILES string of the molecule is Cc1ccccc1CNC(=O)C1CC1C(=O)Nc1ccc(C(C)(C)C)cc1. The van der Waals surface area contributed by atoms with E-state index < -0.39 is 0 Å². The molecule has 2 N–H and O–H groups in total. The predicted molar refractivity (Wildman–Crippen MR) is 108 cm³/mol. The normalized spacial score (nSPS) is 18.7. The van der Waals surface area contributed by atoms with Crippen LogP contribution < -0.4 is 10.6 Å². The number of hydrogen-bond acceptors (Lipinski definition) is 2. The maximum atomic E-state index is 12.4. The Morgan fingerprint density at radius 3 is 2.22 bits per heavy atom. The third-order valence-corrected chi connectivity index (χ3v) is 5.20. The topological polar surface area (TPSA) is 58.2 Å². The minimum absolute atomic E-state index is 0.0403. The molecule has 0 heterocycles. The Morgan fingerprint density at radius 2 is 1.59 bits per heavy atom. The summed E-state index contributed by atoms with van der Waals surface area (Å²) in [5.41, 5.74) is 4.34. The number of benzene rings is 2. The number of rotatable bonds is 5. The zero-order valence-corrected chi connectivity index (χ0v) is 16.5. The second kappa shape index (κ2) is 7.55. The molecule has 2 amide bonds. The fourth-order valence-corrected chi connectivity index (χ4v) is 3.18. The first-order valence-corrected chi connectivity index (χ1v) is 9.49. The average molecular weight is 364 g/mol. The number of carbonyl (C=O) groups excluding carboxylic acids is 2. The van der Waals surface area contributed by atoms with Crippen molar-refractivity contribution in [2.75, 3.05) is 5.32 Å². The van der Waals surface area contributed by atoms with Gasteiger partial charge in [-0.2, -0.15) is 0 Å². The Balaban J connectivity index is 1.50. The van der Waals surface area contributed by atoms with Crippen molar-refractivity contribution in [3.05, 3.63) is 65.2 Å². The van der Waals surface area contributed by atoms with Gasteiger partial charge in [-0.25, -0.2) is 0 Å². The molecule has 1 saturated carbocycles. The van der Waals surface area contributed by atoms with E-state index in [4.69, 9.17) is 0 Å². The minimum atomic E-state index is -0.232. The van der Waals surface area contributed by atoms with E-state index >= 15 is 0 Å². The number of carbonyl (C=O) groups is 2. The molecule has 1 aliphatic carbocycles. The van der Waals surface area contributed by atoms with Crippen LogP contribution in [0.4, 0.5) is 5.69 Å². The molecule has 2 atom stereocenters. The summed E-state index contributed by atoms with van der Waals surface area (Å²) >= 11 is 0. The van der Waals surface area contributed by atoms with E-state index in [1.807, 2.05) is 55.5 Å². The summed E-state index contributed by atoms with van der Waals surface area (Å²) in [5.74, 6) is -0.567. The van der Waals surface area contributed by atoms with Gasteiger partial charge >= 0.3 is 0 Å². The predicted octanol–water partition coefficient (Wildman–Crippen LogP) is 4.18. The van der Waals surface area contributed by atoms with Gasteiger partial charge in [-0.05, 0) is 47.6 Å². The van der Waals surface area contributed by atoms with Gasteiger partial charge in [0.05, 0.1) is 11.8 Å². The summed E-state index contributed by atoms with van der Waals surface area (Å²) in [5, 5.41) is 5.89. The summed E-state index contributed by atoms with van der Waals surface area (Å²) in [6, 6.07) is 15.9. The maximum absolute atomic E-state index is 12.4. The zero-order chi connectivity index (χ0) is 19.6. The van der Waals surface area contributed by atoms with Crippen LogP contribution in [-0.4, -0.2) is 11.8 Å². The van der Waals surface area contributed by atoms with Crippen molar-refractivity contribution < 1.29 is 9.59 Å². The Kier molecular flexibility index (Phi) is 5.36. The van der Waals surface area contributed by atoms with Crippen LogP contribution in [0.15, 0.2) is 48.5 Å². The maximum Gasteiger partial charge on any atom is 0.228 e. The van der Waals surface area contributed by atoms with Gasteiger partial charge in [0.1, 0.15) is 0 Å². The smallest absolute Gasteiger partial charge is 0.228 e. The van der Waals surface area contributed by atoms with Crippen molar-refractivity contribution in [3.8, 4) is 0 Å². The number of aryl methyl sites for hydroxylation is 1. The van der Waals surface area contributed by atoms with E-state index in [0.717, 1.165) is 16.8 Å². The molecule has 4 nitrogen and oxygen atoms in total. The molecule has 3 rings (SSSR count). The molecule has 2 aromatic rings.